The predicted octanol–water partition coefficient (Wildman–Crippen LogP) is 1.88. The Kier molecular flexibility index (Phi) is 5.87. The minimum atomic E-state index is -0.198. The van der Waals surface area contributed by atoms with E-state index in [9.17, 15) is 9.90 Å². The van der Waals surface area contributed by atoms with Crippen LogP contribution in [0.15, 0.2) is 24.3 Å². The fourth-order valence-electron chi connectivity index (χ4n) is 2.45. The van der Waals surface area contributed by atoms with E-state index in [1.807, 2.05) is 24.3 Å². The van der Waals surface area contributed by atoms with Crippen LogP contribution in [0.3, 0.4) is 0 Å². The van der Waals surface area contributed by atoms with Crippen LogP contribution in [-0.4, -0.2) is 36.9 Å². The third-order valence-corrected chi connectivity index (χ3v) is 3.72. The molecule has 0 aromatic heterocycles. The van der Waals surface area contributed by atoms with Crippen molar-refractivity contribution in [1.29, 1.82) is 0 Å². The molecule has 5 nitrogen and oxygen atoms in total. The van der Waals surface area contributed by atoms with E-state index in [1.54, 1.807) is 7.11 Å². The van der Waals surface area contributed by atoms with Gasteiger partial charge < -0.3 is 19.9 Å². The average molecular weight is 293 g/mol. The number of aliphatic hydroxyl groups is 1. The summed E-state index contributed by atoms with van der Waals surface area (Å²) in [5, 5.41) is 12.4. The molecule has 0 heterocycles. The van der Waals surface area contributed by atoms with Crippen molar-refractivity contribution in [2.75, 3.05) is 13.7 Å². The lowest BCUT2D eigenvalue weighted by molar-refractivity contribution is -0.122. The summed E-state index contributed by atoms with van der Waals surface area (Å²) in [4.78, 5) is 11.8. The zero-order valence-corrected chi connectivity index (χ0v) is 12.4. The average Bonchev–Trinajstić information content (AvgIpc) is 2.50. The van der Waals surface area contributed by atoms with E-state index < -0.39 is 0 Å². The molecule has 1 aliphatic rings. The molecule has 0 saturated heterocycles. The van der Waals surface area contributed by atoms with E-state index in [-0.39, 0.29) is 18.1 Å². The van der Waals surface area contributed by atoms with Crippen molar-refractivity contribution < 1.29 is 19.4 Å². The van der Waals surface area contributed by atoms with Crippen LogP contribution in [0.4, 0.5) is 0 Å². The van der Waals surface area contributed by atoms with Crippen molar-refractivity contribution >= 4 is 5.91 Å². The molecule has 2 rings (SSSR count). The smallest absolute Gasteiger partial charge is 0.223 e. The van der Waals surface area contributed by atoms with Crippen molar-refractivity contribution in [3.63, 3.8) is 0 Å². The number of hydrogen-bond donors (Lipinski definition) is 2. The highest BCUT2D eigenvalue weighted by Crippen LogP contribution is 2.19. The van der Waals surface area contributed by atoms with Crippen molar-refractivity contribution in [1.82, 2.24) is 5.32 Å². The van der Waals surface area contributed by atoms with Crippen LogP contribution >= 0.6 is 0 Å². The van der Waals surface area contributed by atoms with Crippen molar-refractivity contribution in [2.45, 2.75) is 44.2 Å². The van der Waals surface area contributed by atoms with Gasteiger partial charge in [-0.05, 0) is 49.9 Å². The van der Waals surface area contributed by atoms with Gasteiger partial charge in [0.15, 0.2) is 0 Å². The van der Waals surface area contributed by atoms with Gasteiger partial charge in [0.05, 0.1) is 26.2 Å². The number of methoxy groups -OCH3 is 1. The second kappa shape index (κ2) is 7.88. The minimum Gasteiger partial charge on any atom is -0.497 e. The van der Waals surface area contributed by atoms with Crippen LogP contribution in [0.2, 0.25) is 0 Å². The van der Waals surface area contributed by atoms with Gasteiger partial charge in [0, 0.05) is 6.04 Å². The molecule has 1 aliphatic carbocycles. The summed E-state index contributed by atoms with van der Waals surface area (Å²) in [6, 6.07) is 7.48. The van der Waals surface area contributed by atoms with E-state index >= 15 is 0 Å². The molecule has 1 aromatic rings. The molecule has 0 unspecified atom stereocenters. The molecule has 1 amide bonds. The first-order valence-electron chi connectivity index (χ1n) is 7.41. The third-order valence-electron chi connectivity index (χ3n) is 3.72. The van der Waals surface area contributed by atoms with Crippen LogP contribution in [0, 0.1) is 0 Å². The Bertz CT molecular complexity index is 438. The van der Waals surface area contributed by atoms with Gasteiger partial charge in [-0.3, -0.25) is 4.79 Å². The molecule has 0 spiro atoms. The van der Waals surface area contributed by atoms with Crippen molar-refractivity contribution in [3.05, 3.63) is 24.3 Å². The first-order valence-corrected chi connectivity index (χ1v) is 7.41. The maximum atomic E-state index is 11.8. The van der Waals surface area contributed by atoms with Crippen LogP contribution < -0.4 is 14.8 Å². The largest absolute Gasteiger partial charge is 0.497 e. The number of amides is 1. The Morgan fingerprint density at radius 3 is 2.43 bits per heavy atom. The normalized spacial score (nSPS) is 21.6. The maximum absolute atomic E-state index is 11.8. The lowest BCUT2D eigenvalue weighted by Gasteiger charge is -2.26. The fourth-order valence-corrected chi connectivity index (χ4v) is 2.45. The molecule has 116 valence electrons. The van der Waals surface area contributed by atoms with Gasteiger partial charge in [-0.25, -0.2) is 0 Å². The summed E-state index contributed by atoms with van der Waals surface area (Å²) in [6.45, 7) is 0.355. The molecule has 0 atom stereocenters. The summed E-state index contributed by atoms with van der Waals surface area (Å²) < 4.78 is 10.6. The Morgan fingerprint density at radius 2 is 1.81 bits per heavy atom. The Balaban J connectivity index is 1.64. The Morgan fingerprint density at radius 1 is 1.19 bits per heavy atom. The topological polar surface area (TPSA) is 67.8 Å². The van der Waals surface area contributed by atoms with E-state index in [4.69, 9.17) is 9.47 Å². The summed E-state index contributed by atoms with van der Waals surface area (Å²) >= 11 is 0. The second-order valence-corrected chi connectivity index (χ2v) is 5.35. The van der Waals surface area contributed by atoms with Crippen LogP contribution in [0.25, 0.3) is 0 Å². The van der Waals surface area contributed by atoms with Gasteiger partial charge in [0.2, 0.25) is 5.91 Å². The number of aliphatic hydroxyl groups excluding tert-OH is 1. The molecule has 1 fully saturated rings. The van der Waals surface area contributed by atoms with Crippen LogP contribution in [0.5, 0.6) is 11.5 Å². The number of hydrogen-bond acceptors (Lipinski definition) is 4. The molecule has 1 saturated carbocycles. The van der Waals surface area contributed by atoms with Gasteiger partial charge >= 0.3 is 0 Å². The SMILES string of the molecule is COc1ccc(OCCC(=O)NC2CCC(O)CC2)cc1. The molecule has 0 bridgehead atoms. The first kappa shape index (κ1) is 15.6. The Labute approximate surface area is 125 Å². The summed E-state index contributed by atoms with van der Waals surface area (Å²) in [6.07, 6.45) is 3.39. The fraction of sp³-hybridized carbons (Fsp3) is 0.562. The molecule has 5 heteroatoms. The molecular weight excluding hydrogens is 270 g/mol. The maximum Gasteiger partial charge on any atom is 0.223 e. The third kappa shape index (κ3) is 5.27. The zero-order chi connectivity index (χ0) is 15.1. The van der Waals surface area contributed by atoms with Gasteiger partial charge in [-0.1, -0.05) is 0 Å². The minimum absolute atomic E-state index is 0.00454. The number of carbonyl (C=O) groups is 1. The summed E-state index contributed by atoms with van der Waals surface area (Å²) in [5.74, 6) is 1.51. The number of benzene rings is 1. The number of nitrogens with one attached hydrogen (secondary N) is 1. The molecule has 0 radical (unpaired) electrons. The number of rotatable bonds is 6. The standard InChI is InChI=1S/C16H23NO4/c1-20-14-6-8-15(9-7-14)21-11-10-16(19)17-12-2-4-13(18)5-3-12/h6-9,12-13,18H,2-5,10-11H2,1H3,(H,17,19). The molecular formula is C16H23NO4. The molecule has 1 aromatic carbocycles. The monoisotopic (exact) mass is 293 g/mol. The highest BCUT2D eigenvalue weighted by Gasteiger charge is 2.20. The molecule has 0 aliphatic heterocycles. The second-order valence-electron chi connectivity index (χ2n) is 5.35. The van der Waals surface area contributed by atoms with Crippen LogP contribution in [-0.2, 0) is 4.79 Å². The lowest BCUT2D eigenvalue weighted by Crippen LogP contribution is -2.39. The van der Waals surface area contributed by atoms with Gasteiger partial charge in [0.1, 0.15) is 11.5 Å². The van der Waals surface area contributed by atoms with E-state index in [2.05, 4.69) is 5.32 Å². The number of carbonyl (C=O) groups excluding carboxylic acids is 1. The highest BCUT2D eigenvalue weighted by atomic mass is 16.5. The van der Waals surface area contributed by atoms with Gasteiger partial charge in [-0.2, -0.15) is 0 Å². The lowest BCUT2D eigenvalue weighted by atomic mass is 9.93. The highest BCUT2D eigenvalue weighted by molar-refractivity contribution is 5.76. The first-order chi connectivity index (χ1) is 10.2. The molecule has 2 N–H and O–H groups in total. The van der Waals surface area contributed by atoms with Crippen molar-refractivity contribution in [3.8, 4) is 11.5 Å². The zero-order valence-electron chi connectivity index (χ0n) is 12.4. The van der Waals surface area contributed by atoms with Gasteiger partial charge in [0.25, 0.3) is 0 Å². The quantitative estimate of drug-likeness (QED) is 0.840. The summed E-state index contributed by atoms with van der Waals surface area (Å²) in [7, 11) is 1.62. The number of ether oxygens (including phenoxy) is 2. The predicted molar refractivity (Wildman–Crippen MR) is 79.5 cm³/mol. The van der Waals surface area contributed by atoms with E-state index in [0.717, 1.165) is 37.2 Å². The summed E-state index contributed by atoms with van der Waals surface area (Å²) in [5.41, 5.74) is 0. The van der Waals surface area contributed by atoms with Crippen molar-refractivity contribution in [2.24, 2.45) is 0 Å². The van der Waals surface area contributed by atoms with E-state index in [0.29, 0.717) is 13.0 Å². The Hall–Kier alpha value is -1.75. The van der Waals surface area contributed by atoms with Crippen LogP contribution in [0.1, 0.15) is 32.1 Å². The van der Waals surface area contributed by atoms with E-state index in [1.165, 1.54) is 0 Å². The van der Waals surface area contributed by atoms with Gasteiger partial charge in [-0.15, -0.1) is 0 Å². The molecule has 21 heavy (non-hydrogen) atoms.